The number of benzene rings is 1. The van der Waals surface area contributed by atoms with Crippen LogP contribution in [0.2, 0.25) is 0 Å². The van der Waals surface area contributed by atoms with Crippen molar-refractivity contribution >= 4 is 28.9 Å². The Morgan fingerprint density at radius 2 is 2.12 bits per heavy atom. The van der Waals surface area contributed by atoms with E-state index in [1.165, 1.54) is 45.3 Å². The average molecular weight is 339 g/mol. The quantitative estimate of drug-likeness (QED) is 0.743. The molecule has 0 radical (unpaired) electrons. The summed E-state index contributed by atoms with van der Waals surface area (Å²) >= 11 is 1.97. The molecule has 1 aromatic carbocycles. The lowest BCUT2D eigenvalue weighted by Crippen LogP contribution is -2.26. The Hall–Kier alpha value is -1.45. The average Bonchev–Trinajstić information content (AvgIpc) is 3.10. The summed E-state index contributed by atoms with van der Waals surface area (Å²) in [6.45, 7) is 8.94. The molecule has 3 heterocycles. The van der Waals surface area contributed by atoms with Gasteiger partial charge < -0.3 is 9.47 Å². The first kappa shape index (κ1) is 16.0. The van der Waals surface area contributed by atoms with E-state index in [4.69, 9.17) is 0 Å². The van der Waals surface area contributed by atoms with Gasteiger partial charge in [0.15, 0.2) is 0 Å². The lowest BCUT2D eigenvalue weighted by atomic mass is 10.0. The van der Waals surface area contributed by atoms with Crippen molar-refractivity contribution in [2.45, 2.75) is 45.4 Å². The van der Waals surface area contributed by atoms with Gasteiger partial charge in [-0.15, -0.1) is 11.8 Å². The summed E-state index contributed by atoms with van der Waals surface area (Å²) in [5, 5.41) is 4.37. The Balaban J connectivity index is 1.83. The topological polar surface area (TPSA) is 8.17 Å². The van der Waals surface area contributed by atoms with Gasteiger partial charge in [0.25, 0.3) is 0 Å². The molecule has 1 aromatic heterocycles. The first-order chi connectivity index (χ1) is 11.5. The Morgan fingerprint density at radius 3 is 2.88 bits per heavy atom. The molecule has 1 atom stereocenters. The van der Waals surface area contributed by atoms with Gasteiger partial charge >= 0.3 is 0 Å². The maximum Gasteiger partial charge on any atom is 0.0528 e. The van der Waals surface area contributed by atoms with Crippen molar-refractivity contribution in [3.63, 3.8) is 0 Å². The third-order valence-electron chi connectivity index (χ3n) is 5.32. The van der Waals surface area contributed by atoms with E-state index < -0.39 is 0 Å². The maximum absolute atomic E-state index is 2.49. The largest absolute Gasteiger partial charge is 0.320 e. The van der Waals surface area contributed by atoms with Gasteiger partial charge in [0.2, 0.25) is 0 Å². The Labute approximate surface area is 149 Å². The molecule has 0 bridgehead atoms. The van der Waals surface area contributed by atoms with Crippen LogP contribution in [-0.4, -0.2) is 28.3 Å². The fourth-order valence-electron chi connectivity index (χ4n) is 3.93. The van der Waals surface area contributed by atoms with Gasteiger partial charge in [-0.25, -0.2) is 0 Å². The van der Waals surface area contributed by atoms with E-state index in [-0.39, 0.29) is 0 Å². The zero-order chi connectivity index (χ0) is 16.8. The van der Waals surface area contributed by atoms with Crippen molar-refractivity contribution in [2.24, 2.45) is 0 Å². The second kappa shape index (κ2) is 6.12. The fraction of sp³-hybridized carbons (Fsp3) is 0.429. The van der Waals surface area contributed by atoms with Crippen molar-refractivity contribution in [1.29, 1.82) is 0 Å². The number of likely N-dealkylation sites (N-methyl/N-ethyl adjacent to an activating group) is 1. The summed E-state index contributed by atoms with van der Waals surface area (Å²) in [5.41, 5.74) is 8.75. The van der Waals surface area contributed by atoms with Gasteiger partial charge in [0.1, 0.15) is 0 Å². The number of allylic oxidation sites excluding steroid dienone is 1. The van der Waals surface area contributed by atoms with Gasteiger partial charge in [-0.05, 0) is 62.9 Å². The summed E-state index contributed by atoms with van der Waals surface area (Å²) in [6.07, 6.45) is 4.74. The molecule has 1 unspecified atom stereocenters. The van der Waals surface area contributed by atoms with Crippen LogP contribution in [-0.2, 0) is 13.0 Å². The normalized spacial score (nSPS) is 22.1. The Kier molecular flexibility index (Phi) is 4.09. The fourth-order valence-corrected chi connectivity index (χ4v) is 5.06. The molecular formula is C21H26N2S. The van der Waals surface area contributed by atoms with Crippen LogP contribution >= 0.6 is 11.8 Å². The highest BCUT2D eigenvalue weighted by molar-refractivity contribution is 8.03. The monoisotopic (exact) mass is 338 g/mol. The number of fused-ring (bicyclic) bond motifs is 3. The van der Waals surface area contributed by atoms with Crippen LogP contribution in [0.3, 0.4) is 0 Å². The van der Waals surface area contributed by atoms with Crippen molar-refractivity contribution in [2.75, 3.05) is 13.6 Å². The van der Waals surface area contributed by atoms with Gasteiger partial charge in [-0.1, -0.05) is 17.2 Å². The van der Waals surface area contributed by atoms with Crippen molar-refractivity contribution in [3.05, 3.63) is 51.6 Å². The molecule has 0 amide bonds. The number of thioether (sulfide) groups is 1. The Bertz CT molecular complexity index is 856. The molecule has 0 saturated heterocycles. The molecule has 2 aromatic rings. The number of hydrogen-bond acceptors (Lipinski definition) is 2. The number of hydrogen-bond donors (Lipinski definition) is 0. The molecule has 0 aliphatic carbocycles. The number of nitrogens with zero attached hydrogens (tertiary/aromatic N) is 2. The minimum atomic E-state index is 0.606. The highest BCUT2D eigenvalue weighted by Crippen LogP contribution is 2.36. The summed E-state index contributed by atoms with van der Waals surface area (Å²) in [7, 11) is 2.23. The summed E-state index contributed by atoms with van der Waals surface area (Å²) in [4.78, 5) is 2.44. The predicted molar refractivity (Wildman–Crippen MR) is 106 cm³/mol. The molecule has 2 aliphatic rings. The zero-order valence-electron chi connectivity index (χ0n) is 15.1. The van der Waals surface area contributed by atoms with Crippen molar-refractivity contribution in [3.8, 4) is 0 Å². The van der Waals surface area contributed by atoms with E-state index in [2.05, 4.69) is 67.1 Å². The highest BCUT2D eigenvalue weighted by atomic mass is 32.2. The smallest absolute Gasteiger partial charge is 0.0528 e. The number of aromatic nitrogens is 1. The summed E-state index contributed by atoms with van der Waals surface area (Å²) in [6, 6.07) is 6.91. The van der Waals surface area contributed by atoms with Crippen LogP contribution in [0.15, 0.2) is 34.8 Å². The van der Waals surface area contributed by atoms with Crippen LogP contribution < -0.4 is 0 Å². The van der Waals surface area contributed by atoms with E-state index in [1.54, 1.807) is 0 Å². The second-order valence-corrected chi connectivity index (χ2v) is 8.55. The molecule has 0 spiro atoms. The molecule has 126 valence electrons. The minimum absolute atomic E-state index is 0.606. The molecule has 0 saturated carbocycles. The molecule has 4 rings (SSSR count). The zero-order valence-corrected chi connectivity index (χ0v) is 15.9. The van der Waals surface area contributed by atoms with Crippen LogP contribution in [0.4, 0.5) is 0 Å². The third-order valence-corrected chi connectivity index (χ3v) is 6.72. The van der Waals surface area contributed by atoms with Crippen LogP contribution in [0.1, 0.15) is 37.1 Å². The first-order valence-electron chi connectivity index (χ1n) is 8.83. The third kappa shape index (κ3) is 2.74. The maximum atomic E-state index is 2.49. The predicted octanol–water partition coefficient (Wildman–Crippen LogP) is 5.21. The molecule has 2 aliphatic heterocycles. The number of aryl methyl sites for hydroxylation is 1. The van der Waals surface area contributed by atoms with Gasteiger partial charge in [-0.2, -0.15) is 0 Å². The van der Waals surface area contributed by atoms with Crippen LogP contribution in [0.5, 0.6) is 0 Å². The van der Waals surface area contributed by atoms with Gasteiger partial charge in [0, 0.05) is 42.0 Å². The van der Waals surface area contributed by atoms with Crippen molar-refractivity contribution in [1.82, 2.24) is 9.47 Å². The SMILES string of the molecule is CC1=CSC(/C(C)=C\n2c3c(c4cc(C)ccc42)CN(C)CC3)C1. The van der Waals surface area contributed by atoms with E-state index in [9.17, 15) is 0 Å². The van der Waals surface area contributed by atoms with Crippen LogP contribution in [0, 0.1) is 6.92 Å². The standard InChI is InChI=1S/C21H26N2S/c1-14-5-6-19-17(9-14)18-12-22(4)8-7-20(18)23(19)11-16(3)21-10-15(2)13-24-21/h5-6,9,11,13,21H,7-8,10,12H2,1-4H3/b16-11-. The van der Waals surface area contributed by atoms with Gasteiger partial charge in [0.05, 0.1) is 5.52 Å². The Morgan fingerprint density at radius 1 is 1.29 bits per heavy atom. The molecule has 2 nitrogen and oxygen atoms in total. The lowest BCUT2D eigenvalue weighted by Gasteiger charge is -2.24. The van der Waals surface area contributed by atoms with E-state index in [1.807, 2.05) is 11.8 Å². The summed E-state index contributed by atoms with van der Waals surface area (Å²) < 4.78 is 2.49. The molecule has 0 N–H and O–H groups in total. The minimum Gasteiger partial charge on any atom is -0.320 e. The number of rotatable bonds is 2. The van der Waals surface area contributed by atoms with Gasteiger partial charge in [-0.3, -0.25) is 0 Å². The molecule has 24 heavy (non-hydrogen) atoms. The molecule has 0 fully saturated rings. The van der Waals surface area contributed by atoms with E-state index in [0.717, 1.165) is 19.5 Å². The molecular weight excluding hydrogens is 312 g/mol. The van der Waals surface area contributed by atoms with E-state index >= 15 is 0 Å². The van der Waals surface area contributed by atoms with Crippen molar-refractivity contribution < 1.29 is 0 Å². The second-order valence-electron chi connectivity index (χ2n) is 7.47. The van der Waals surface area contributed by atoms with Crippen LogP contribution in [0.25, 0.3) is 17.1 Å². The lowest BCUT2D eigenvalue weighted by molar-refractivity contribution is 0.312. The highest BCUT2D eigenvalue weighted by Gasteiger charge is 2.23. The first-order valence-corrected chi connectivity index (χ1v) is 9.77. The van der Waals surface area contributed by atoms with E-state index in [0.29, 0.717) is 5.25 Å². The summed E-state index contributed by atoms with van der Waals surface area (Å²) in [5.74, 6) is 0. The molecule has 3 heteroatoms.